The number of carbonyl (C=O) groups excluding carboxylic acids is 1. The van der Waals surface area contributed by atoms with E-state index >= 15 is 0 Å². The molecule has 8 nitrogen and oxygen atoms in total. The number of hydroxylamine groups is 1. The summed E-state index contributed by atoms with van der Waals surface area (Å²) in [5, 5.41) is -0.543. The molecule has 1 amide bonds. The summed E-state index contributed by atoms with van der Waals surface area (Å²) in [6.45, 7) is 8.01. The summed E-state index contributed by atoms with van der Waals surface area (Å²) in [5.74, 6) is -0.461. The number of carbonyl (C=O) groups is 1. The highest BCUT2D eigenvalue weighted by Gasteiger charge is 2.15. The molecule has 0 aromatic carbocycles. The number of sulfone groups is 1. The first-order chi connectivity index (χ1) is 13.6. The van der Waals surface area contributed by atoms with Crippen molar-refractivity contribution in [2.24, 2.45) is 0 Å². The normalized spacial score (nSPS) is 17.1. The van der Waals surface area contributed by atoms with Gasteiger partial charge in [0.25, 0.3) is 5.56 Å². The van der Waals surface area contributed by atoms with Gasteiger partial charge in [-0.2, -0.15) is 0 Å². The van der Waals surface area contributed by atoms with E-state index in [2.05, 4.69) is 5.48 Å². The van der Waals surface area contributed by atoms with Crippen molar-refractivity contribution in [1.82, 2.24) is 10.0 Å². The van der Waals surface area contributed by atoms with Crippen LogP contribution in [0.2, 0.25) is 0 Å². The van der Waals surface area contributed by atoms with Crippen LogP contribution in [0.15, 0.2) is 17.1 Å². The van der Waals surface area contributed by atoms with Crippen molar-refractivity contribution in [3.8, 4) is 0 Å². The van der Waals surface area contributed by atoms with Crippen molar-refractivity contribution in [3.05, 3.63) is 34.0 Å². The van der Waals surface area contributed by atoms with Gasteiger partial charge in [-0.25, -0.2) is 23.1 Å². The Kier molecular flexibility index (Phi) is 13.4. The molecule has 0 radical (unpaired) electrons. The Morgan fingerprint density at radius 1 is 1.41 bits per heavy atom. The quantitative estimate of drug-likeness (QED) is 0.520. The molecule has 2 heterocycles. The molecule has 1 aromatic heterocycles. The van der Waals surface area contributed by atoms with E-state index in [1.807, 2.05) is 13.8 Å². The zero-order valence-corrected chi connectivity index (χ0v) is 18.6. The molecular formula is C19H33FN2O6S. The van der Waals surface area contributed by atoms with E-state index in [4.69, 9.17) is 9.57 Å². The van der Waals surface area contributed by atoms with Gasteiger partial charge in [-0.05, 0) is 38.7 Å². The topological polar surface area (TPSA) is 104 Å². The number of aromatic nitrogens is 1. The van der Waals surface area contributed by atoms with Crippen LogP contribution in [0, 0.1) is 12.7 Å². The standard InChI is InChI=1S/C11H16FNO3S.C6H11NO3.C2H6/c1-8-6-11(14)13(7-10(8)12)5-4-9(2)17(3,15)16;8-5-7-10-6-3-1-2-4-9-6;1-2/h6-7,9H,4-5H2,1-3H3;5-6H,1-4H2,(H,7,8);1-2H3. The number of nitrogens with zero attached hydrogens (tertiary/aromatic N) is 1. The second-order valence-electron chi connectivity index (χ2n) is 6.41. The minimum Gasteiger partial charge on any atom is -0.350 e. The number of rotatable bonds is 7. The van der Waals surface area contributed by atoms with Gasteiger partial charge >= 0.3 is 0 Å². The van der Waals surface area contributed by atoms with E-state index < -0.39 is 20.9 Å². The van der Waals surface area contributed by atoms with Gasteiger partial charge in [-0.15, -0.1) is 0 Å². The lowest BCUT2D eigenvalue weighted by molar-refractivity contribution is -0.195. The van der Waals surface area contributed by atoms with Gasteiger partial charge in [-0.3, -0.25) is 9.59 Å². The number of pyridine rings is 1. The first-order valence-electron chi connectivity index (χ1n) is 9.67. The van der Waals surface area contributed by atoms with Crippen molar-refractivity contribution >= 4 is 16.2 Å². The molecule has 1 aromatic rings. The third-order valence-electron chi connectivity index (χ3n) is 4.16. The van der Waals surface area contributed by atoms with Gasteiger partial charge in [0.15, 0.2) is 6.29 Å². The summed E-state index contributed by atoms with van der Waals surface area (Å²) in [4.78, 5) is 26.0. The molecule has 2 atom stereocenters. The van der Waals surface area contributed by atoms with E-state index in [-0.39, 0.29) is 18.4 Å². The second-order valence-corrected chi connectivity index (χ2v) is 8.88. The van der Waals surface area contributed by atoms with Crippen LogP contribution in [-0.2, 0) is 30.8 Å². The minimum absolute atomic E-state index is 0.199. The molecule has 2 unspecified atom stereocenters. The Labute approximate surface area is 172 Å². The average Bonchev–Trinajstić information content (AvgIpc) is 2.70. The van der Waals surface area contributed by atoms with Crippen molar-refractivity contribution < 1.29 is 27.2 Å². The first kappa shape index (κ1) is 27.2. The zero-order chi connectivity index (χ0) is 22.4. The van der Waals surface area contributed by atoms with Gasteiger partial charge in [-0.1, -0.05) is 13.8 Å². The van der Waals surface area contributed by atoms with Crippen LogP contribution in [0.3, 0.4) is 0 Å². The lowest BCUT2D eigenvalue weighted by Gasteiger charge is -2.20. The molecule has 0 aliphatic carbocycles. The van der Waals surface area contributed by atoms with Gasteiger partial charge in [0.1, 0.15) is 15.7 Å². The van der Waals surface area contributed by atoms with Crippen LogP contribution in [0.5, 0.6) is 0 Å². The molecule has 1 aliphatic heterocycles. The Morgan fingerprint density at radius 2 is 2.07 bits per heavy atom. The van der Waals surface area contributed by atoms with Gasteiger partial charge in [0.05, 0.1) is 5.25 Å². The van der Waals surface area contributed by atoms with Crippen LogP contribution in [-0.4, -0.2) is 43.8 Å². The Hall–Kier alpha value is -1.78. The number of aryl methyl sites for hydroxylation is 2. The molecule has 29 heavy (non-hydrogen) atoms. The summed E-state index contributed by atoms with van der Waals surface area (Å²) in [6.07, 6.45) is 5.87. The first-order valence-corrected chi connectivity index (χ1v) is 11.6. The maximum atomic E-state index is 13.2. The van der Waals surface area contributed by atoms with Crippen molar-refractivity contribution in [3.63, 3.8) is 0 Å². The summed E-state index contributed by atoms with van der Waals surface area (Å²) < 4.78 is 42.0. The lowest BCUT2D eigenvalue weighted by Crippen LogP contribution is -2.28. The molecule has 1 N–H and O–H groups in total. The Balaban J connectivity index is 0.000000554. The fraction of sp³-hybridized carbons (Fsp3) is 0.684. The second kappa shape index (κ2) is 14.2. The molecule has 168 valence electrons. The van der Waals surface area contributed by atoms with Crippen LogP contribution in [0.1, 0.15) is 52.0 Å². The van der Waals surface area contributed by atoms with Gasteiger partial charge in [0.2, 0.25) is 6.41 Å². The Bertz CT molecular complexity index is 760. The highest BCUT2D eigenvalue weighted by molar-refractivity contribution is 7.91. The van der Waals surface area contributed by atoms with Crippen molar-refractivity contribution in [2.75, 3.05) is 12.9 Å². The van der Waals surface area contributed by atoms with Crippen LogP contribution >= 0.6 is 0 Å². The summed E-state index contributed by atoms with van der Waals surface area (Å²) in [6, 6.07) is 1.21. The zero-order valence-electron chi connectivity index (χ0n) is 17.8. The third-order valence-corrected chi connectivity index (χ3v) is 5.86. The van der Waals surface area contributed by atoms with Crippen LogP contribution < -0.4 is 11.0 Å². The van der Waals surface area contributed by atoms with Crippen molar-refractivity contribution in [2.45, 2.75) is 71.5 Å². The Morgan fingerprint density at radius 3 is 2.59 bits per heavy atom. The number of hydrogen-bond acceptors (Lipinski definition) is 6. The summed E-state index contributed by atoms with van der Waals surface area (Å²) >= 11 is 0. The monoisotopic (exact) mass is 436 g/mol. The molecule has 0 spiro atoms. The smallest absolute Gasteiger partial charge is 0.250 e. The van der Waals surface area contributed by atoms with E-state index in [0.29, 0.717) is 18.4 Å². The van der Waals surface area contributed by atoms with Crippen molar-refractivity contribution in [1.29, 1.82) is 0 Å². The maximum absolute atomic E-state index is 13.2. The van der Waals surface area contributed by atoms with Gasteiger partial charge < -0.3 is 9.30 Å². The molecule has 1 fully saturated rings. The summed E-state index contributed by atoms with van der Waals surface area (Å²) in [5.41, 5.74) is 2.09. The highest BCUT2D eigenvalue weighted by Crippen LogP contribution is 2.12. The summed E-state index contributed by atoms with van der Waals surface area (Å²) in [7, 11) is -3.11. The molecule has 0 saturated carbocycles. The lowest BCUT2D eigenvalue weighted by atomic mass is 10.2. The molecule has 2 rings (SSSR count). The maximum Gasteiger partial charge on any atom is 0.250 e. The number of amides is 1. The van der Waals surface area contributed by atoms with E-state index in [9.17, 15) is 22.4 Å². The van der Waals surface area contributed by atoms with E-state index in [0.717, 1.165) is 38.3 Å². The van der Waals surface area contributed by atoms with Crippen LogP contribution in [0.25, 0.3) is 0 Å². The van der Waals surface area contributed by atoms with E-state index in [1.165, 1.54) is 17.6 Å². The number of halogens is 1. The van der Waals surface area contributed by atoms with Crippen LogP contribution in [0.4, 0.5) is 4.39 Å². The molecular weight excluding hydrogens is 403 g/mol. The molecule has 1 aliphatic rings. The fourth-order valence-corrected chi connectivity index (χ4v) is 2.79. The minimum atomic E-state index is -3.11. The fourth-order valence-electron chi connectivity index (χ4n) is 2.26. The largest absolute Gasteiger partial charge is 0.350 e. The number of nitrogens with one attached hydrogen (secondary N) is 1. The highest BCUT2D eigenvalue weighted by atomic mass is 32.2. The molecule has 1 saturated heterocycles. The predicted octanol–water partition coefficient (Wildman–Crippen LogP) is 2.34. The molecule has 10 heteroatoms. The van der Waals surface area contributed by atoms with Gasteiger partial charge in [0, 0.05) is 38.1 Å². The SMILES string of the molecule is CC.Cc1cc(=O)n(CCC(C)S(C)(=O)=O)cc1F.O=CNOC1CCCCO1. The average molecular weight is 437 g/mol. The van der Waals surface area contributed by atoms with E-state index in [1.54, 1.807) is 6.92 Å². The number of ether oxygens (including phenoxy) is 1. The third kappa shape index (κ3) is 11.1. The number of hydrogen-bond donors (Lipinski definition) is 1. The molecule has 0 bridgehead atoms. The predicted molar refractivity (Wildman–Crippen MR) is 110 cm³/mol.